The zero-order chi connectivity index (χ0) is 16.8. The van der Waals surface area contributed by atoms with E-state index in [1.54, 1.807) is 0 Å². The molecule has 3 aromatic carbocycles. The molecule has 0 heterocycles. The van der Waals surface area contributed by atoms with Crippen molar-refractivity contribution in [2.45, 2.75) is 12.1 Å². The van der Waals surface area contributed by atoms with Gasteiger partial charge < -0.3 is 4.57 Å². The first-order valence-electron chi connectivity index (χ1n) is 8.13. The number of hydrogen-bond acceptors (Lipinski definition) is 1. The molecule has 0 aromatic heterocycles. The van der Waals surface area contributed by atoms with E-state index in [-0.39, 0.29) is 5.66 Å². The summed E-state index contributed by atoms with van der Waals surface area (Å²) in [7, 11) is -2.84. The fourth-order valence-electron chi connectivity index (χ4n) is 3.14. The Balaban J connectivity index is 2.24. The Hall–Kier alpha value is -2.37. The van der Waals surface area contributed by atoms with Gasteiger partial charge in [-0.05, 0) is 12.0 Å². The first kappa shape index (κ1) is 16.5. The number of hydrogen-bond donors (Lipinski definition) is 0. The number of rotatable bonds is 6. The van der Waals surface area contributed by atoms with Crippen molar-refractivity contribution < 1.29 is 4.57 Å². The van der Waals surface area contributed by atoms with E-state index in [0.717, 1.165) is 16.2 Å². The van der Waals surface area contributed by atoms with Crippen LogP contribution in [-0.2, 0) is 4.57 Å². The van der Waals surface area contributed by atoms with Crippen LogP contribution in [0.5, 0.6) is 0 Å². The zero-order valence-corrected chi connectivity index (χ0v) is 14.5. The fourth-order valence-corrected chi connectivity index (χ4v) is 6.42. The second-order valence-corrected chi connectivity index (χ2v) is 8.75. The van der Waals surface area contributed by atoms with Gasteiger partial charge in [-0.2, -0.15) is 0 Å². The highest BCUT2D eigenvalue weighted by Crippen LogP contribution is 2.58. The molecule has 0 aliphatic rings. The molecular weight excluding hydrogens is 311 g/mol. The Kier molecular flexibility index (Phi) is 5.13. The molecular formula is C22H21OP. The van der Waals surface area contributed by atoms with Crippen LogP contribution in [0.4, 0.5) is 0 Å². The van der Waals surface area contributed by atoms with Crippen LogP contribution in [0.1, 0.15) is 17.6 Å². The Bertz CT molecular complexity index is 782. The summed E-state index contributed by atoms with van der Waals surface area (Å²) >= 11 is 0. The molecule has 3 rings (SSSR count). The van der Waals surface area contributed by atoms with Gasteiger partial charge in [0.25, 0.3) is 0 Å². The molecule has 24 heavy (non-hydrogen) atoms. The maximum Gasteiger partial charge on any atom is 0.150 e. The van der Waals surface area contributed by atoms with Gasteiger partial charge in [0.1, 0.15) is 0 Å². The van der Waals surface area contributed by atoms with E-state index in [2.05, 4.69) is 18.7 Å². The average Bonchev–Trinajstić information content (AvgIpc) is 2.67. The molecule has 0 saturated carbocycles. The summed E-state index contributed by atoms with van der Waals surface area (Å²) in [6.45, 7) is 3.91. The highest BCUT2D eigenvalue weighted by atomic mass is 31.2. The number of benzene rings is 3. The molecule has 1 unspecified atom stereocenters. The van der Waals surface area contributed by atoms with Gasteiger partial charge in [-0.25, -0.2) is 0 Å². The van der Waals surface area contributed by atoms with Gasteiger partial charge in [0.2, 0.25) is 0 Å². The van der Waals surface area contributed by atoms with Crippen molar-refractivity contribution in [2.75, 3.05) is 0 Å². The van der Waals surface area contributed by atoms with Crippen LogP contribution >= 0.6 is 7.14 Å². The van der Waals surface area contributed by atoms with Crippen molar-refractivity contribution in [3.63, 3.8) is 0 Å². The standard InChI is InChI=1S/C22H21OP/c1-2-12-22(19-13-6-3-7-14-19)24(23,20-15-8-4-9-16-20)21-17-10-5-11-18-21/h2-11,13-18,22H,1,12H2. The Morgan fingerprint density at radius 3 is 1.58 bits per heavy atom. The molecule has 3 aromatic rings. The summed E-state index contributed by atoms with van der Waals surface area (Å²) in [5.74, 6) is 0. The van der Waals surface area contributed by atoms with Crippen LogP contribution in [0.25, 0.3) is 0 Å². The lowest BCUT2D eigenvalue weighted by Crippen LogP contribution is -2.21. The van der Waals surface area contributed by atoms with Crippen molar-refractivity contribution in [1.29, 1.82) is 0 Å². The third kappa shape index (κ3) is 3.13. The highest BCUT2D eigenvalue weighted by Gasteiger charge is 2.36. The normalized spacial score (nSPS) is 12.5. The second kappa shape index (κ2) is 7.47. The van der Waals surface area contributed by atoms with Crippen molar-refractivity contribution in [3.05, 3.63) is 109 Å². The molecule has 0 N–H and O–H groups in total. The van der Waals surface area contributed by atoms with Crippen LogP contribution in [0.2, 0.25) is 0 Å². The monoisotopic (exact) mass is 332 g/mol. The molecule has 0 fully saturated rings. The highest BCUT2D eigenvalue weighted by molar-refractivity contribution is 7.79. The summed E-state index contributed by atoms with van der Waals surface area (Å²) in [5.41, 5.74) is 0.981. The van der Waals surface area contributed by atoms with E-state index >= 15 is 0 Å². The molecule has 0 aliphatic carbocycles. The lowest BCUT2D eigenvalue weighted by Gasteiger charge is -2.28. The quantitative estimate of drug-likeness (QED) is 0.441. The van der Waals surface area contributed by atoms with E-state index in [0.29, 0.717) is 6.42 Å². The Morgan fingerprint density at radius 1 is 0.750 bits per heavy atom. The predicted octanol–water partition coefficient (Wildman–Crippen LogP) is 5.32. The molecule has 120 valence electrons. The number of allylic oxidation sites excluding steroid dienone is 1. The lowest BCUT2D eigenvalue weighted by molar-refractivity contribution is 0.578. The molecule has 0 spiro atoms. The van der Waals surface area contributed by atoms with Gasteiger partial charge in [0, 0.05) is 16.3 Å². The average molecular weight is 332 g/mol. The molecule has 0 radical (unpaired) electrons. The van der Waals surface area contributed by atoms with Crippen LogP contribution in [0.3, 0.4) is 0 Å². The maximum atomic E-state index is 14.5. The van der Waals surface area contributed by atoms with Crippen molar-refractivity contribution in [1.82, 2.24) is 0 Å². The van der Waals surface area contributed by atoms with E-state index in [1.807, 2.05) is 84.9 Å². The minimum absolute atomic E-state index is 0.110. The third-order valence-corrected chi connectivity index (χ3v) is 7.81. The summed E-state index contributed by atoms with van der Waals surface area (Å²) in [6.07, 6.45) is 2.54. The van der Waals surface area contributed by atoms with Gasteiger partial charge in [-0.3, -0.25) is 0 Å². The van der Waals surface area contributed by atoms with Gasteiger partial charge in [-0.15, -0.1) is 6.58 Å². The predicted molar refractivity (Wildman–Crippen MR) is 104 cm³/mol. The lowest BCUT2D eigenvalue weighted by atomic mass is 10.1. The van der Waals surface area contributed by atoms with E-state index in [4.69, 9.17) is 0 Å². The summed E-state index contributed by atoms with van der Waals surface area (Å²) in [4.78, 5) is 0. The van der Waals surface area contributed by atoms with Crippen LogP contribution in [0, 0.1) is 0 Å². The molecule has 0 amide bonds. The first-order chi connectivity index (χ1) is 11.8. The van der Waals surface area contributed by atoms with Gasteiger partial charge in [-0.1, -0.05) is 97.1 Å². The first-order valence-corrected chi connectivity index (χ1v) is 9.91. The minimum atomic E-state index is -2.84. The van der Waals surface area contributed by atoms with E-state index in [1.165, 1.54) is 0 Å². The van der Waals surface area contributed by atoms with Gasteiger partial charge in [0.15, 0.2) is 7.14 Å². The fraction of sp³-hybridized carbons (Fsp3) is 0.0909. The topological polar surface area (TPSA) is 17.1 Å². The van der Waals surface area contributed by atoms with Crippen LogP contribution in [0.15, 0.2) is 104 Å². The minimum Gasteiger partial charge on any atom is -0.313 e. The molecule has 1 nitrogen and oxygen atoms in total. The Labute approximate surface area is 144 Å². The second-order valence-electron chi connectivity index (χ2n) is 5.78. The van der Waals surface area contributed by atoms with Crippen LogP contribution in [-0.4, -0.2) is 0 Å². The van der Waals surface area contributed by atoms with E-state index in [9.17, 15) is 4.57 Å². The third-order valence-electron chi connectivity index (χ3n) is 4.29. The van der Waals surface area contributed by atoms with Gasteiger partial charge in [0.05, 0.1) is 0 Å². The van der Waals surface area contributed by atoms with Gasteiger partial charge >= 0.3 is 0 Å². The Morgan fingerprint density at radius 2 is 1.17 bits per heavy atom. The smallest absolute Gasteiger partial charge is 0.150 e. The molecule has 0 aliphatic heterocycles. The van der Waals surface area contributed by atoms with Crippen molar-refractivity contribution in [2.24, 2.45) is 0 Å². The molecule has 1 atom stereocenters. The van der Waals surface area contributed by atoms with Crippen molar-refractivity contribution >= 4 is 17.8 Å². The molecule has 2 heteroatoms. The largest absolute Gasteiger partial charge is 0.313 e. The molecule has 0 saturated heterocycles. The molecule has 0 bridgehead atoms. The summed E-state index contributed by atoms with van der Waals surface area (Å²) in [5, 5.41) is 1.79. The van der Waals surface area contributed by atoms with E-state index < -0.39 is 7.14 Å². The van der Waals surface area contributed by atoms with Crippen molar-refractivity contribution in [3.8, 4) is 0 Å². The maximum absolute atomic E-state index is 14.5. The van der Waals surface area contributed by atoms with Crippen LogP contribution < -0.4 is 10.6 Å². The summed E-state index contributed by atoms with van der Waals surface area (Å²) in [6, 6.07) is 29.8. The summed E-state index contributed by atoms with van der Waals surface area (Å²) < 4.78 is 14.5. The zero-order valence-electron chi connectivity index (χ0n) is 13.6. The SMILES string of the molecule is C=CCC(c1ccccc1)P(=O)(c1ccccc1)c1ccccc1.